The number of anilines is 1. The standard InChI is InChI=1S/C18H21N5O6/c1-18(2,3)29-17(26)21-6-7-22(14(10-21)16(24)25)15-9-19-13-8-11(23(27)28)4-5-12(13)20-15/h4-5,8-9,14H,6-7,10H2,1-3H3,(H,24,25)/t14-/m0/s1. The summed E-state index contributed by atoms with van der Waals surface area (Å²) in [7, 11) is 0. The Morgan fingerprint density at radius 1 is 1.28 bits per heavy atom. The molecule has 29 heavy (non-hydrogen) atoms. The number of piperazine rings is 1. The van der Waals surface area contributed by atoms with Crippen LogP contribution >= 0.6 is 0 Å². The smallest absolute Gasteiger partial charge is 0.410 e. The molecule has 0 spiro atoms. The van der Waals surface area contributed by atoms with Gasteiger partial charge in [0.1, 0.15) is 17.5 Å². The number of nitrogens with zero attached hydrogens (tertiary/aromatic N) is 5. The number of carboxylic acid groups (broad SMARTS) is 1. The van der Waals surface area contributed by atoms with Crippen molar-refractivity contribution in [3.05, 3.63) is 34.5 Å². The summed E-state index contributed by atoms with van der Waals surface area (Å²) >= 11 is 0. The predicted molar refractivity (Wildman–Crippen MR) is 103 cm³/mol. The highest BCUT2D eigenvalue weighted by molar-refractivity contribution is 5.82. The monoisotopic (exact) mass is 403 g/mol. The highest BCUT2D eigenvalue weighted by atomic mass is 16.6. The Bertz CT molecular complexity index is 973. The van der Waals surface area contributed by atoms with Crippen LogP contribution in [-0.2, 0) is 9.53 Å². The summed E-state index contributed by atoms with van der Waals surface area (Å²) in [6.07, 6.45) is 0.811. The number of carbonyl (C=O) groups excluding carboxylic acids is 1. The van der Waals surface area contributed by atoms with Crippen LogP contribution in [0.15, 0.2) is 24.4 Å². The van der Waals surface area contributed by atoms with Crippen molar-refractivity contribution in [1.82, 2.24) is 14.9 Å². The molecule has 154 valence electrons. The highest BCUT2D eigenvalue weighted by Gasteiger charge is 2.36. The van der Waals surface area contributed by atoms with Gasteiger partial charge >= 0.3 is 12.1 Å². The van der Waals surface area contributed by atoms with E-state index in [2.05, 4.69) is 9.97 Å². The van der Waals surface area contributed by atoms with Crippen molar-refractivity contribution >= 4 is 34.6 Å². The quantitative estimate of drug-likeness (QED) is 0.602. The SMILES string of the molecule is CC(C)(C)OC(=O)N1CCN(c2cnc3cc([N+](=O)[O-])ccc3n2)[C@H](C(=O)O)C1. The van der Waals surface area contributed by atoms with Gasteiger partial charge in [-0.3, -0.25) is 15.1 Å². The molecule has 2 heterocycles. The molecule has 1 saturated heterocycles. The number of amides is 1. The third kappa shape index (κ3) is 4.50. The average Bonchev–Trinajstić information content (AvgIpc) is 2.65. The Morgan fingerprint density at radius 3 is 2.62 bits per heavy atom. The van der Waals surface area contributed by atoms with E-state index in [-0.39, 0.29) is 25.3 Å². The minimum atomic E-state index is -1.11. The van der Waals surface area contributed by atoms with E-state index < -0.39 is 28.6 Å². The van der Waals surface area contributed by atoms with E-state index in [0.717, 1.165) is 0 Å². The number of ether oxygens (including phenoxy) is 1. The number of rotatable bonds is 3. The van der Waals surface area contributed by atoms with Crippen molar-refractivity contribution < 1.29 is 24.4 Å². The normalized spacial score (nSPS) is 17.3. The summed E-state index contributed by atoms with van der Waals surface area (Å²) in [5.74, 6) is -0.786. The molecule has 2 aromatic rings. The molecule has 1 aromatic heterocycles. The zero-order valence-corrected chi connectivity index (χ0v) is 16.2. The van der Waals surface area contributed by atoms with Gasteiger partial charge in [-0.2, -0.15) is 0 Å². The lowest BCUT2D eigenvalue weighted by Crippen LogP contribution is -2.58. The number of benzene rings is 1. The van der Waals surface area contributed by atoms with Gasteiger partial charge in [-0.15, -0.1) is 0 Å². The molecule has 0 aliphatic carbocycles. The Balaban J connectivity index is 1.84. The van der Waals surface area contributed by atoms with Gasteiger partial charge in [0.15, 0.2) is 0 Å². The number of hydrogen-bond donors (Lipinski definition) is 1. The molecule has 0 unspecified atom stereocenters. The summed E-state index contributed by atoms with van der Waals surface area (Å²) < 4.78 is 5.33. The molecule has 1 aromatic carbocycles. The molecule has 11 heteroatoms. The van der Waals surface area contributed by atoms with Crippen molar-refractivity contribution in [2.45, 2.75) is 32.4 Å². The molecular formula is C18H21N5O6. The number of non-ortho nitro benzene ring substituents is 1. The molecule has 0 saturated carbocycles. The Kier molecular flexibility index (Phi) is 5.23. The molecule has 0 radical (unpaired) electrons. The Labute approximate surface area is 166 Å². The number of fused-ring (bicyclic) bond motifs is 1. The maximum absolute atomic E-state index is 12.3. The highest BCUT2D eigenvalue weighted by Crippen LogP contribution is 2.24. The summed E-state index contributed by atoms with van der Waals surface area (Å²) in [6.45, 7) is 5.65. The molecule has 1 N–H and O–H groups in total. The summed E-state index contributed by atoms with van der Waals surface area (Å²) in [6, 6.07) is 3.06. The molecule has 1 fully saturated rings. The summed E-state index contributed by atoms with van der Waals surface area (Å²) in [5, 5.41) is 20.6. The number of carboxylic acids is 1. The number of nitro groups is 1. The van der Waals surface area contributed by atoms with Crippen molar-refractivity contribution in [2.75, 3.05) is 24.5 Å². The van der Waals surface area contributed by atoms with Gasteiger partial charge in [-0.1, -0.05) is 0 Å². The van der Waals surface area contributed by atoms with E-state index in [9.17, 15) is 24.8 Å². The zero-order chi connectivity index (χ0) is 21.3. The van der Waals surface area contributed by atoms with E-state index in [1.807, 2.05) is 0 Å². The third-order valence-electron chi connectivity index (χ3n) is 4.34. The molecule has 11 nitrogen and oxygen atoms in total. The van der Waals surface area contributed by atoms with Gasteiger partial charge in [-0.25, -0.2) is 14.6 Å². The van der Waals surface area contributed by atoms with Crippen molar-refractivity contribution in [1.29, 1.82) is 0 Å². The molecule has 3 rings (SSSR count). The largest absolute Gasteiger partial charge is 0.480 e. The van der Waals surface area contributed by atoms with Crippen LogP contribution in [0.2, 0.25) is 0 Å². The van der Waals surface area contributed by atoms with Crippen LogP contribution in [0.3, 0.4) is 0 Å². The fraction of sp³-hybridized carbons (Fsp3) is 0.444. The van der Waals surface area contributed by atoms with Gasteiger partial charge in [0.05, 0.1) is 28.7 Å². The number of aliphatic carboxylic acids is 1. The second-order valence-electron chi connectivity index (χ2n) is 7.63. The van der Waals surface area contributed by atoms with Crippen LogP contribution in [0.25, 0.3) is 11.0 Å². The van der Waals surface area contributed by atoms with E-state index in [1.54, 1.807) is 25.7 Å². The number of nitro benzene ring substituents is 1. The minimum Gasteiger partial charge on any atom is -0.480 e. The van der Waals surface area contributed by atoms with Crippen molar-refractivity contribution in [2.24, 2.45) is 0 Å². The lowest BCUT2D eigenvalue weighted by molar-refractivity contribution is -0.384. The van der Waals surface area contributed by atoms with E-state index in [0.29, 0.717) is 16.9 Å². The number of carbonyl (C=O) groups is 2. The fourth-order valence-corrected chi connectivity index (χ4v) is 3.00. The first-order valence-corrected chi connectivity index (χ1v) is 8.94. The maximum Gasteiger partial charge on any atom is 0.410 e. The lowest BCUT2D eigenvalue weighted by atomic mass is 10.1. The number of aromatic nitrogens is 2. The van der Waals surface area contributed by atoms with Crippen molar-refractivity contribution in [3.63, 3.8) is 0 Å². The van der Waals surface area contributed by atoms with Crippen LogP contribution in [0, 0.1) is 10.1 Å². The lowest BCUT2D eigenvalue weighted by Gasteiger charge is -2.40. The fourth-order valence-electron chi connectivity index (χ4n) is 3.00. The van der Waals surface area contributed by atoms with Crippen LogP contribution < -0.4 is 4.90 Å². The van der Waals surface area contributed by atoms with Crippen LogP contribution in [0.1, 0.15) is 20.8 Å². The molecular weight excluding hydrogens is 382 g/mol. The second kappa shape index (κ2) is 7.49. The molecule has 1 amide bonds. The summed E-state index contributed by atoms with van der Waals surface area (Å²) in [4.78, 5) is 46.0. The molecule has 1 aliphatic heterocycles. The Hall–Kier alpha value is -3.50. The first-order valence-electron chi connectivity index (χ1n) is 8.94. The Morgan fingerprint density at radius 2 is 2.00 bits per heavy atom. The zero-order valence-electron chi connectivity index (χ0n) is 16.2. The van der Waals surface area contributed by atoms with Crippen molar-refractivity contribution in [3.8, 4) is 0 Å². The van der Waals surface area contributed by atoms with Gasteiger partial charge in [0.25, 0.3) is 5.69 Å². The van der Waals surface area contributed by atoms with Gasteiger partial charge in [0.2, 0.25) is 0 Å². The van der Waals surface area contributed by atoms with Gasteiger partial charge in [0, 0.05) is 25.2 Å². The van der Waals surface area contributed by atoms with Crippen LogP contribution in [-0.4, -0.2) is 68.2 Å². The third-order valence-corrected chi connectivity index (χ3v) is 4.34. The minimum absolute atomic E-state index is 0.0653. The molecule has 0 bridgehead atoms. The van der Waals surface area contributed by atoms with E-state index in [1.165, 1.54) is 29.3 Å². The average molecular weight is 403 g/mol. The van der Waals surface area contributed by atoms with E-state index >= 15 is 0 Å². The predicted octanol–water partition coefficient (Wildman–Crippen LogP) is 2.05. The topological polar surface area (TPSA) is 139 Å². The maximum atomic E-state index is 12.3. The number of hydrogen-bond acceptors (Lipinski definition) is 8. The first-order chi connectivity index (χ1) is 13.5. The van der Waals surface area contributed by atoms with E-state index in [4.69, 9.17) is 4.74 Å². The molecule has 1 aliphatic rings. The summed E-state index contributed by atoms with van der Waals surface area (Å²) in [5.41, 5.74) is -0.0395. The van der Waals surface area contributed by atoms with Gasteiger partial charge < -0.3 is 19.6 Å². The van der Waals surface area contributed by atoms with Crippen LogP contribution in [0.4, 0.5) is 16.3 Å². The molecule has 1 atom stereocenters. The second-order valence-corrected chi connectivity index (χ2v) is 7.63. The first kappa shape index (κ1) is 20.2. The van der Waals surface area contributed by atoms with Crippen LogP contribution in [0.5, 0.6) is 0 Å². The van der Waals surface area contributed by atoms with Gasteiger partial charge in [-0.05, 0) is 26.8 Å².